The molecule has 1 unspecified atom stereocenters. The molecule has 2 aromatic rings. The predicted octanol–water partition coefficient (Wildman–Crippen LogP) is 1.85. The van der Waals surface area contributed by atoms with Crippen LogP contribution in [0.4, 0.5) is 5.69 Å². The van der Waals surface area contributed by atoms with Gasteiger partial charge < -0.3 is 15.2 Å². The van der Waals surface area contributed by atoms with E-state index in [4.69, 9.17) is 0 Å². The number of aryl methyl sites for hydroxylation is 2. The maximum Gasteiger partial charge on any atom is 0.288 e. The van der Waals surface area contributed by atoms with Gasteiger partial charge in [-0.25, -0.2) is 9.97 Å². The van der Waals surface area contributed by atoms with Gasteiger partial charge in [0.2, 0.25) is 5.82 Å². The number of likely N-dealkylation sites (tertiary alicyclic amines) is 1. The van der Waals surface area contributed by atoms with Crippen LogP contribution in [0.5, 0.6) is 0 Å². The summed E-state index contributed by atoms with van der Waals surface area (Å²) in [7, 11) is 1.58. The molecule has 2 aliphatic rings. The van der Waals surface area contributed by atoms with E-state index in [1.807, 2.05) is 19.9 Å². The number of carbonyl (C=O) groups is 1. The highest BCUT2D eigenvalue weighted by Crippen LogP contribution is 2.31. The highest BCUT2D eigenvalue weighted by Gasteiger charge is 2.32. The molecule has 2 fully saturated rings. The third kappa shape index (κ3) is 4.49. The number of pyridine rings is 1. The van der Waals surface area contributed by atoms with Crippen molar-refractivity contribution in [3.8, 4) is 0 Å². The van der Waals surface area contributed by atoms with E-state index >= 15 is 0 Å². The summed E-state index contributed by atoms with van der Waals surface area (Å²) in [4.78, 5) is 40.6. The van der Waals surface area contributed by atoms with Gasteiger partial charge in [0.05, 0.1) is 17.6 Å². The Balaban J connectivity index is 1.35. The van der Waals surface area contributed by atoms with E-state index in [1.165, 1.54) is 0 Å². The lowest BCUT2D eigenvalue weighted by atomic mass is 10.0. The summed E-state index contributed by atoms with van der Waals surface area (Å²) in [5.41, 5.74) is 3.85. The molecule has 0 aromatic carbocycles. The lowest BCUT2D eigenvalue weighted by molar-refractivity contribution is 0.0952. The third-order valence-corrected chi connectivity index (χ3v) is 6.76. The molecule has 0 spiro atoms. The fourth-order valence-corrected chi connectivity index (χ4v) is 4.87. The van der Waals surface area contributed by atoms with Crippen molar-refractivity contribution in [3.05, 3.63) is 51.5 Å². The van der Waals surface area contributed by atoms with E-state index in [1.54, 1.807) is 13.2 Å². The largest absolute Gasteiger partial charge is 0.369 e. The van der Waals surface area contributed by atoms with E-state index < -0.39 is 0 Å². The second-order valence-corrected chi connectivity index (χ2v) is 8.56. The topological polar surface area (TPSA) is 94.2 Å². The zero-order valence-corrected chi connectivity index (χ0v) is 18.6. The third-order valence-electron chi connectivity index (χ3n) is 6.76. The van der Waals surface area contributed by atoms with Crippen LogP contribution in [0.25, 0.3) is 0 Å². The van der Waals surface area contributed by atoms with Crippen molar-refractivity contribution in [1.29, 1.82) is 0 Å². The van der Waals surface area contributed by atoms with Gasteiger partial charge in [0.15, 0.2) is 0 Å². The molecule has 31 heavy (non-hydrogen) atoms. The number of H-pyrrole nitrogens is 1. The van der Waals surface area contributed by atoms with Crippen LogP contribution in [0.2, 0.25) is 0 Å². The number of amides is 1. The number of aromatic nitrogens is 3. The van der Waals surface area contributed by atoms with Gasteiger partial charge >= 0.3 is 0 Å². The minimum Gasteiger partial charge on any atom is -0.369 e. The molecule has 2 aliphatic heterocycles. The second kappa shape index (κ2) is 9.18. The van der Waals surface area contributed by atoms with Crippen LogP contribution in [-0.2, 0) is 6.42 Å². The zero-order valence-electron chi connectivity index (χ0n) is 18.6. The molecule has 0 saturated carbocycles. The van der Waals surface area contributed by atoms with Crippen LogP contribution >= 0.6 is 0 Å². The van der Waals surface area contributed by atoms with Crippen LogP contribution in [0.15, 0.2) is 23.1 Å². The molecule has 0 bridgehead atoms. The molecule has 1 atom stereocenters. The van der Waals surface area contributed by atoms with E-state index in [9.17, 15) is 9.59 Å². The molecule has 8 nitrogen and oxygen atoms in total. The molecule has 1 amide bonds. The minimum absolute atomic E-state index is 0.0618. The van der Waals surface area contributed by atoms with Crippen LogP contribution in [0.3, 0.4) is 0 Å². The van der Waals surface area contributed by atoms with Gasteiger partial charge in [0, 0.05) is 49.9 Å². The van der Waals surface area contributed by atoms with Gasteiger partial charge in [-0.2, -0.15) is 0 Å². The molecule has 0 aliphatic carbocycles. The van der Waals surface area contributed by atoms with E-state index in [2.05, 4.69) is 36.1 Å². The first kappa shape index (κ1) is 21.5. The zero-order chi connectivity index (χ0) is 22.0. The van der Waals surface area contributed by atoms with Crippen molar-refractivity contribution < 1.29 is 4.79 Å². The Morgan fingerprint density at radius 3 is 2.65 bits per heavy atom. The fraction of sp³-hybridized carbons (Fsp3) is 0.565. The van der Waals surface area contributed by atoms with Crippen LogP contribution < -0.4 is 15.8 Å². The van der Waals surface area contributed by atoms with Gasteiger partial charge in [0.25, 0.3) is 11.5 Å². The molecule has 8 heteroatoms. The quantitative estimate of drug-likeness (QED) is 0.761. The number of hydrogen-bond donors (Lipinski definition) is 2. The monoisotopic (exact) mass is 424 g/mol. The summed E-state index contributed by atoms with van der Waals surface area (Å²) in [6.07, 6.45) is 5.82. The van der Waals surface area contributed by atoms with Crippen LogP contribution in [0.1, 0.15) is 59.7 Å². The Morgan fingerprint density at radius 1 is 1.23 bits per heavy atom. The number of piperidine rings is 1. The minimum atomic E-state index is -0.261. The highest BCUT2D eigenvalue weighted by molar-refractivity contribution is 5.90. The summed E-state index contributed by atoms with van der Waals surface area (Å²) < 4.78 is 0. The molecule has 2 saturated heterocycles. The van der Waals surface area contributed by atoms with E-state index in [0.717, 1.165) is 74.5 Å². The van der Waals surface area contributed by atoms with Crippen molar-refractivity contribution in [2.24, 2.45) is 0 Å². The van der Waals surface area contributed by atoms with E-state index in [0.29, 0.717) is 12.0 Å². The maximum atomic E-state index is 12.2. The molecule has 0 radical (unpaired) electrons. The average Bonchev–Trinajstić information content (AvgIpc) is 3.29. The summed E-state index contributed by atoms with van der Waals surface area (Å²) in [6.45, 7) is 7.95. The number of rotatable bonds is 5. The van der Waals surface area contributed by atoms with Crippen molar-refractivity contribution in [1.82, 2.24) is 25.2 Å². The Kier molecular flexibility index (Phi) is 6.36. The summed E-state index contributed by atoms with van der Waals surface area (Å²) in [5, 5.41) is 2.57. The first-order valence-electron chi connectivity index (χ1n) is 11.3. The molecular weight excluding hydrogens is 392 g/mol. The van der Waals surface area contributed by atoms with Gasteiger partial charge in [-0.05, 0) is 45.2 Å². The lowest BCUT2D eigenvalue weighted by Crippen LogP contribution is -2.44. The lowest BCUT2D eigenvalue weighted by Gasteiger charge is -2.38. The van der Waals surface area contributed by atoms with Gasteiger partial charge in [-0.1, -0.05) is 13.0 Å². The summed E-state index contributed by atoms with van der Waals surface area (Å²) in [6, 6.07) is 4.64. The number of nitrogens with one attached hydrogen (secondary N) is 2. The molecule has 4 heterocycles. The molecule has 4 rings (SSSR count). The Labute approximate surface area is 183 Å². The molecule has 2 N–H and O–H groups in total. The highest BCUT2D eigenvalue weighted by atomic mass is 16.2. The Bertz CT molecular complexity index is 996. The SMILES string of the molecule is CCc1ccc(C2CCN(C3CCN(c4cnc(C(=O)NC)nc4C)CC3)C2)[nH]c1=O. The van der Waals surface area contributed by atoms with Crippen molar-refractivity contribution in [2.75, 3.05) is 38.1 Å². The Hall–Kier alpha value is -2.74. The Morgan fingerprint density at radius 2 is 2.00 bits per heavy atom. The fourth-order valence-electron chi connectivity index (χ4n) is 4.87. The van der Waals surface area contributed by atoms with E-state index in [-0.39, 0.29) is 17.3 Å². The average molecular weight is 425 g/mol. The van der Waals surface area contributed by atoms with Crippen LogP contribution in [-0.4, -0.2) is 65.0 Å². The number of anilines is 1. The molecule has 2 aromatic heterocycles. The summed E-state index contributed by atoms with van der Waals surface area (Å²) in [5.74, 6) is 0.360. The van der Waals surface area contributed by atoms with Gasteiger partial charge in [-0.3, -0.25) is 14.5 Å². The molecule has 166 valence electrons. The standard InChI is InChI=1S/C23H32N6O2/c1-4-16-5-6-19(27-22(16)30)17-7-10-29(14-17)18-8-11-28(12-9-18)20-13-25-21(23(31)24-3)26-15(20)2/h5-6,13,17-18H,4,7-12,14H2,1-3H3,(H,24,31)(H,27,30). The smallest absolute Gasteiger partial charge is 0.288 e. The van der Waals surface area contributed by atoms with Gasteiger partial charge in [-0.15, -0.1) is 0 Å². The number of aromatic amines is 1. The maximum absolute atomic E-state index is 12.2. The van der Waals surface area contributed by atoms with Crippen molar-refractivity contribution in [2.45, 2.75) is 51.5 Å². The first-order valence-corrected chi connectivity index (χ1v) is 11.3. The second-order valence-electron chi connectivity index (χ2n) is 8.56. The first-order chi connectivity index (χ1) is 15.0. The van der Waals surface area contributed by atoms with Gasteiger partial charge in [0.1, 0.15) is 0 Å². The van der Waals surface area contributed by atoms with Crippen molar-refractivity contribution in [3.63, 3.8) is 0 Å². The predicted molar refractivity (Wildman–Crippen MR) is 121 cm³/mol. The molecular formula is C23H32N6O2. The number of carbonyl (C=O) groups excluding carboxylic acids is 1. The van der Waals surface area contributed by atoms with Crippen molar-refractivity contribution >= 4 is 11.6 Å². The summed E-state index contributed by atoms with van der Waals surface area (Å²) >= 11 is 0. The number of hydrogen-bond acceptors (Lipinski definition) is 6. The van der Waals surface area contributed by atoms with Crippen LogP contribution in [0, 0.1) is 6.92 Å². The number of nitrogens with zero attached hydrogens (tertiary/aromatic N) is 4. The normalized spacial score (nSPS) is 20.2.